The fraction of sp³-hybridized carbons (Fsp3) is 0.417. The molecule has 0 bridgehead atoms. The molecule has 0 radical (unpaired) electrons. The highest BCUT2D eigenvalue weighted by Crippen LogP contribution is 2.28. The first-order valence-electron chi connectivity index (χ1n) is 5.93. The van der Waals surface area contributed by atoms with Crippen LogP contribution in [0.1, 0.15) is 18.4 Å². The highest BCUT2D eigenvalue weighted by molar-refractivity contribution is 7.88. The summed E-state index contributed by atoms with van der Waals surface area (Å²) in [5.74, 6) is -1.55. The molecule has 2 rings (SSSR count). The molecule has 0 atom stereocenters. The van der Waals surface area contributed by atoms with E-state index < -0.39 is 21.9 Å². The molecule has 20 heavy (non-hydrogen) atoms. The third kappa shape index (κ3) is 3.85. The number of carbonyl (C=O) groups is 1. The lowest BCUT2D eigenvalue weighted by atomic mass is 9.81. The first-order chi connectivity index (χ1) is 9.27. The Morgan fingerprint density at radius 3 is 2.50 bits per heavy atom. The number of halogens is 2. The van der Waals surface area contributed by atoms with Crippen LogP contribution in [0.3, 0.4) is 0 Å². The normalized spacial score (nSPS) is 22.3. The van der Waals surface area contributed by atoms with Crippen molar-refractivity contribution in [2.24, 2.45) is 5.92 Å². The second-order valence-corrected chi connectivity index (χ2v) is 7.40. The lowest BCUT2D eigenvalue weighted by Crippen LogP contribution is -2.46. The number of benzene rings is 1. The molecule has 2 N–H and O–H groups in total. The molecule has 0 saturated heterocycles. The largest absolute Gasteiger partial charge is 0.481 e. The second-order valence-electron chi connectivity index (χ2n) is 4.83. The zero-order valence-corrected chi connectivity index (χ0v) is 12.7. The number of carboxylic acids is 1. The second kappa shape index (κ2) is 5.89. The fourth-order valence-corrected chi connectivity index (χ4v) is 3.78. The maximum absolute atomic E-state index is 11.9. The van der Waals surface area contributed by atoms with E-state index in [1.807, 2.05) is 0 Å². The van der Waals surface area contributed by atoms with Gasteiger partial charge in [-0.15, -0.1) is 0 Å². The Morgan fingerprint density at radius 2 is 1.95 bits per heavy atom. The van der Waals surface area contributed by atoms with Crippen LogP contribution in [0.4, 0.5) is 0 Å². The van der Waals surface area contributed by atoms with Crippen molar-refractivity contribution in [2.75, 3.05) is 0 Å². The third-order valence-electron chi connectivity index (χ3n) is 3.17. The molecule has 0 spiro atoms. The van der Waals surface area contributed by atoms with E-state index in [0.717, 1.165) is 0 Å². The molecular weight excluding hydrogens is 325 g/mol. The number of carboxylic acid groups (broad SMARTS) is 1. The molecule has 110 valence electrons. The molecule has 0 heterocycles. The maximum Gasteiger partial charge on any atom is 0.306 e. The Morgan fingerprint density at radius 1 is 1.30 bits per heavy atom. The van der Waals surface area contributed by atoms with Crippen molar-refractivity contribution in [2.45, 2.75) is 24.6 Å². The van der Waals surface area contributed by atoms with E-state index in [4.69, 9.17) is 28.3 Å². The van der Waals surface area contributed by atoms with Crippen molar-refractivity contribution < 1.29 is 18.3 Å². The average Bonchev–Trinajstić information content (AvgIpc) is 2.27. The van der Waals surface area contributed by atoms with Gasteiger partial charge in [0.15, 0.2) is 0 Å². The molecule has 5 nitrogen and oxygen atoms in total. The van der Waals surface area contributed by atoms with E-state index in [0.29, 0.717) is 28.5 Å². The summed E-state index contributed by atoms with van der Waals surface area (Å²) in [4.78, 5) is 10.6. The minimum absolute atomic E-state index is 0.210. The Labute approximate surface area is 126 Å². The highest BCUT2D eigenvalue weighted by atomic mass is 35.5. The van der Waals surface area contributed by atoms with Gasteiger partial charge < -0.3 is 5.11 Å². The van der Waals surface area contributed by atoms with E-state index in [9.17, 15) is 13.2 Å². The molecule has 0 aliphatic heterocycles. The van der Waals surface area contributed by atoms with Crippen LogP contribution in [-0.4, -0.2) is 25.5 Å². The van der Waals surface area contributed by atoms with E-state index >= 15 is 0 Å². The van der Waals surface area contributed by atoms with Crippen LogP contribution in [0.2, 0.25) is 10.0 Å². The van der Waals surface area contributed by atoms with Gasteiger partial charge in [0, 0.05) is 6.04 Å². The molecular formula is C12H13Cl2NO4S. The lowest BCUT2D eigenvalue weighted by molar-refractivity contribution is -0.145. The van der Waals surface area contributed by atoms with Gasteiger partial charge in [0.1, 0.15) is 0 Å². The van der Waals surface area contributed by atoms with Gasteiger partial charge in [-0.05, 0) is 30.5 Å². The molecule has 0 unspecified atom stereocenters. The third-order valence-corrected chi connectivity index (χ3v) is 5.32. The molecule has 0 amide bonds. The SMILES string of the molecule is O=C(O)C1CC(NS(=O)(=O)Cc2ccc(Cl)c(Cl)c2)C1. The maximum atomic E-state index is 11.9. The van der Waals surface area contributed by atoms with Gasteiger partial charge in [0.2, 0.25) is 10.0 Å². The van der Waals surface area contributed by atoms with Gasteiger partial charge in [0.05, 0.1) is 21.7 Å². The number of hydrogen-bond acceptors (Lipinski definition) is 3. The van der Waals surface area contributed by atoms with E-state index in [1.165, 1.54) is 6.07 Å². The fourth-order valence-electron chi connectivity index (χ4n) is 2.06. The van der Waals surface area contributed by atoms with Crippen LogP contribution in [-0.2, 0) is 20.6 Å². The molecule has 1 fully saturated rings. The van der Waals surface area contributed by atoms with Crippen LogP contribution in [0, 0.1) is 5.92 Å². The van der Waals surface area contributed by atoms with Crippen molar-refractivity contribution in [3.05, 3.63) is 33.8 Å². The Bertz CT molecular complexity index is 626. The zero-order valence-electron chi connectivity index (χ0n) is 10.3. The predicted octanol–water partition coefficient (Wildman–Crippen LogP) is 2.28. The van der Waals surface area contributed by atoms with Crippen molar-refractivity contribution in [1.29, 1.82) is 0 Å². The van der Waals surface area contributed by atoms with Crippen molar-refractivity contribution in [3.8, 4) is 0 Å². The molecule has 1 aliphatic carbocycles. The van der Waals surface area contributed by atoms with Crippen LogP contribution < -0.4 is 4.72 Å². The number of aliphatic carboxylic acids is 1. The summed E-state index contributed by atoms with van der Waals surface area (Å²) >= 11 is 11.6. The first kappa shape index (κ1) is 15.6. The smallest absolute Gasteiger partial charge is 0.306 e. The molecule has 1 aromatic carbocycles. The van der Waals surface area contributed by atoms with Gasteiger partial charge in [-0.25, -0.2) is 13.1 Å². The quantitative estimate of drug-likeness (QED) is 0.863. The Balaban J connectivity index is 1.95. The monoisotopic (exact) mass is 337 g/mol. The summed E-state index contributed by atoms with van der Waals surface area (Å²) in [7, 11) is -3.52. The summed E-state index contributed by atoms with van der Waals surface area (Å²) in [6.45, 7) is 0. The van der Waals surface area contributed by atoms with Gasteiger partial charge in [-0.3, -0.25) is 4.79 Å². The average molecular weight is 338 g/mol. The summed E-state index contributed by atoms with van der Waals surface area (Å²) < 4.78 is 26.4. The summed E-state index contributed by atoms with van der Waals surface area (Å²) in [6, 6.07) is 4.33. The van der Waals surface area contributed by atoms with Crippen molar-refractivity contribution in [3.63, 3.8) is 0 Å². The number of sulfonamides is 1. The Kier molecular flexibility index (Phi) is 4.59. The van der Waals surface area contributed by atoms with Crippen molar-refractivity contribution in [1.82, 2.24) is 4.72 Å². The van der Waals surface area contributed by atoms with Gasteiger partial charge in [0.25, 0.3) is 0 Å². The molecule has 0 aromatic heterocycles. The van der Waals surface area contributed by atoms with E-state index in [-0.39, 0.29) is 11.8 Å². The summed E-state index contributed by atoms with van der Waals surface area (Å²) in [5, 5.41) is 9.40. The summed E-state index contributed by atoms with van der Waals surface area (Å²) in [5.41, 5.74) is 0.529. The topological polar surface area (TPSA) is 83.5 Å². The summed E-state index contributed by atoms with van der Waals surface area (Å²) in [6.07, 6.45) is 0.659. The number of rotatable bonds is 5. The standard InChI is InChI=1S/C12H13Cl2NO4S/c13-10-2-1-7(3-11(10)14)6-20(18,19)15-9-4-8(5-9)12(16)17/h1-3,8-9,15H,4-6H2,(H,16,17). The van der Waals surface area contributed by atoms with Crippen LogP contribution >= 0.6 is 23.2 Å². The van der Waals surface area contributed by atoms with Gasteiger partial charge in [-0.1, -0.05) is 29.3 Å². The van der Waals surface area contributed by atoms with Crippen LogP contribution in [0.5, 0.6) is 0 Å². The van der Waals surface area contributed by atoms with Crippen molar-refractivity contribution >= 4 is 39.2 Å². The lowest BCUT2D eigenvalue weighted by Gasteiger charge is -2.32. The first-order valence-corrected chi connectivity index (χ1v) is 8.34. The highest BCUT2D eigenvalue weighted by Gasteiger charge is 2.36. The minimum Gasteiger partial charge on any atom is -0.481 e. The van der Waals surface area contributed by atoms with Crippen LogP contribution in [0.25, 0.3) is 0 Å². The van der Waals surface area contributed by atoms with Crippen LogP contribution in [0.15, 0.2) is 18.2 Å². The zero-order chi connectivity index (χ0) is 14.9. The number of hydrogen-bond donors (Lipinski definition) is 2. The predicted molar refractivity (Wildman–Crippen MR) is 76.4 cm³/mol. The molecule has 1 aliphatic rings. The molecule has 8 heteroatoms. The van der Waals surface area contributed by atoms with E-state index in [1.54, 1.807) is 12.1 Å². The number of nitrogens with one attached hydrogen (secondary N) is 1. The van der Waals surface area contributed by atoms with Gasteiger partial charge in [-0.2, -0.15) is 0 Å². The Hall–Kier alpha value is -0.820. The minimum atomic E-state index is -3.52. The van der Waals surface area contributed by atoms with Gasteiger partial charge >= 0.3 is 5.97 Å². The molecule has 1 aromatic rings. The molecule has 1 saturated carbocycles. The van der Waals surface area contributed by atoms with E-state index in [2.05, 4.69) is 4.72 Å².